The molecule has 0 unspecified atom stereocenters. The first kappa shape index (κ1) is 27.6. The number of aryl methyl sites for hydroxylation is 1. The zero-order chi connectivity index (χ0) is 24.5. The number of rotatable bonds is 12. The molecule has 4 rings (SSSR count). The number of allylic oxidation sites excluding steroid dienone is 1. The molecule has 0 saturated carbocycles. The Bertz CT molecular complexity index is 1110. The predicted octanol–water partition coefficient (Wildman–Crippen LogP) is 6.99. The number of ether oxygens (including phenoxy) is 3. The number of benzene rings is 3. The molecule has 0 aliphatic heterocycles. The molecule has 0 saturated heterocycles. The van der Waals surface area contributed by atoms with Crippen LogP contribution in [-0.2, 0) is 19.4 Å². The van der Waals surface area contributed by atoms with Crippen LogP contribution in [0.25, 0.3) is 6.08 Å². The number of hydrogen-bond acceptors (Lipinski definition) is 4. The molecule has 3 aromatic rings. The smallest absolute Gasteiger partial charge is 0.161 e. The molecule has 0 N–H and O–H groups in total. The van der Waals surface area contributed by atoms with Gasteiger partial charge in [0.25, 0.3) is 0 Å². The molecule has 36 heavy (non-hydrogen) atoms. The van der Waals surface area contributed by atoms with E-state index in [4.69, 9.17) is 14.2 Å². The molecule has 1 aliphatic rings. The molecule has 0 spiro atoms. The molecule has 0 aromatic heterocycles. The molecular weight excluding hydrogens is 470 g/mol. The highest BCUT2D eigenvalue weighted by atomic mass is 35.5. The highest BCUT2D eigenvalue weighted by molar-refractivity contribution is 5.85. The third-order valence-corrected chi connectivity index (χ3v) is 6.71. The number of hydrogen-bond donors (Lipinski definition) is 0. The minimum Gasteiger partial charge on any atom is -0.493 e. The fraction of sp³-hybridized carbons (Fsp3) is 0.355. The summed E-state index contributed by atoms with van der Waals surface area (Å²) in [6.45, 7) is 2.77. The van der Waals surface area contributed by atoms with Crippen molar-refractivity contribution < 1.29 is 14.2 Å². The lowest BCUT2D eigenvalue weighted by molar-refractivity contribution is 0.306. The summed E-state index contributed by atoms with van der Waals surface area (Å²) >= 11 is 0. The summed E-state index contributed by atoms with van der Waals surface area (Å²) < 4.78 is 16.8. The second-order valence-electron chi connectivity index (χ2n) is 9.28. The lowest BCUT2D eigenvalue weighted by Crippen LogP contribution is -2.22. The number of likely N-dealkylation sites (N-methyl/N-ethyl adjacent to an activating group) is 1. The normalized spacial score (nSPS) is 12.4. The van der Waals surface area contributed by atoms with Gasteiger partial charge in [-0.2, -0.15) is 0 Å². The van der Waals surface area contributed by atoms with E-state index in [1.807, 2.05) is 18.2 Å². The Morgan fingerprint density at radius 1 is 0.778 bits per heavy atom. The molecular formula is C31H38ClNO3. The van der Waals surface area contributed by atoms with Gasteiger partial charge in [0.15, 0.2) is 11.5 Å². The van der Waals surface area contributed by atoms with Crippen molar-refractivity contribution in [2.45, 2.75) is 38.7 Å². The summed E-state index contributed by atoms with van der Waals surface area (Å²) in [4.78, 5) is 2.44. The van der Waals surface area contributed by atoms with E-state index >= 15 is 0 Å². The van der Waals surface area contributed by atoms with Crippen molar-refractivity contribution in [3.63, 3.8) is 0 Å². The fourth-order valence-corrected chi connectivity index (χ4v) is 4.57. The van der Waals surface area contributed by atoms with Crippen molar-refractivity contribution in [3.05, 3.63) is 94.6 Å². The summed E-state index contributed by atoms with van der Waals surface area (Å²) in [6.07, 6.45) is 7.92. The molecule has 1 aliphatic carbocycles. The largest absolute Gasteiger partial charge is 0.493 e. The van der Waals surface area contributed by atoms with E-state index in [0.29, 0.717) is 6.61 Å². The molecule has 3 aromatic carbocycles. The lowest BCUT2D eigenvalue weighted by atomic mass is 9.89. The van der Waals surface area contributed by atoms with E-state index in [-0.39, 0.29) is 12.4 Å². The molecule has 5 heteroatoms. The van der Waals surface area contributed by atoms with Crippen LogP contribution in [0.1, 0.15) is 41.5 Å². The van der Waals surface area contributed by atoms with Crippen LogP contribution in [0.2, 0.25) is 0 Å². The van der Waals surface area contributed by atoms with Crippen molar-refractivity contribution in [1.82, 2.24) is 4.90 Å². The summed E-state index contributed by atoms with van der Waals surface area (Å²) in [6, 6.07) is 23.0. The van der Waals surface area contributed by atoms with Gasteiger partial charge in [-0.05, 0) is 92.2 Å². The van der Waals surface area contributed by atoms with Crippen molar-refractivity contribution in [2.24, 2.45) is 0 Å². The van der Waals surface area contributed by atoms with E-state index in [0.717, 1.165) is 56.0 Å². The monoisotopic (exact) mass is 507 g/mol. The van der Waals surface area contributed by atoms with E-state index in [2.05, 4.69) is 66.6 Å². The quantitative estimate of drug-likeness (QED) is 0.264. The highest BCUT2D eigenvalue weighted by Gasteiger charge is 2.15. The standard InChI is InChI=1S/C31H37NO3.ClH/c1-32(19-17-24-12-15-29(16-13-24)35-23-26-8-5-4-6-9-26)18-7-10-25-11-14-27-21-30(33-2)31(34-3)22-28(27)20-25;/h4-6,8-9,12-13,15-16,20-22H,7,10-11,14,17-19,23H2,1-3H3;1H. The van der Waals surface area contributed by atoms with Crippen LogP contribution in [-0.4, -0.2) is 39.3 Å². The Kier molecular flexibility index (Phi) is 10.7. The van der Waals surface area contributed by atoms with Crippen LogP contribution in [0.5, 0.6) is 17.2 Å². The van der Waals surface area contributed by atoms with Gasteiger partial charge in [0.2, 0.25) is 0 Å². The van der Waals surface area contributed by atoms with Gasteiger partial charge in [-0.1, -0.05) is 54.1 Å². The summed E-state index contributed by atoms with van der Waals surface area (Å²) in [7, 11) is 5.61. The van der Waals surface area contributed by atoms with Crippen molar-refractivity contribution >= 4 is 18.5 Å². The molecule has 0 atom stereocenters. The zero-order valence-electron chi connectivity index (χ0n) is 21.7. The van der Waals surface area contributed by atoms with Gasteiger partial charge in [-0.25, -0.2) is 0 Å². The maximum Gasteiger partial charge on any atom is 0.161 e. The Morgan fingerprint density at radius 3 is 2.22 bits per heavy atom. The van der Waals surface area contributed by atoms with Crippen LogP contribution >= 0.6 is 12.4 Å². The highest BCUT2D eigenvalue weighted by Crippen LogP contribution is 2.35. The van der Waals surface area contributed by atoms with Crippen molar-refractivity contribution in [2.75, 3.05) is 34.4 Å². The van der Waals surface area contributed by atoms with Gasteiger partial charge in [-0.3, -0.25) is 0 Å². The predicted molar refractivity (Wildman–Crippen MR) is 151 cm³/mol. The first-order chi connectivity index (χ1) is 17.1. The summed E-state index contributed by atoms with van der Waals surface area (Å²) in [5.74, 6) is 2.54. The molecule has 4 nitrogen and oxygen atoms in total. The minimum atomic E-state index is 0. The third kappa shape index (κ3) is 7.78. The first-order valence-electron chi connectivity index (χ1n) is 12.5. The third-order valence-electron chi connectivity index (χ3n) is 6.71. The van der Waals surface area contributed by atoms with Gasteiger partial charge in [0, 0.05) is 6.54 Å². The molecule has 0 fully saturated rings. The van der Waals surface area contributed by atoms with Gasteiger partial charge in [0.05, 0.1) is 14.2 Å². The maximum atomic E-state index is 5.90. The van der Waals surface area contributed by atoms with Gasteiger partial charge in [-0.15, -0.1) is 12.4 Å². The Hall–Kier alpha value is -2.95. The lowest BCUT2D eigenvalue weighted by Gasteiger charge is -2.20. The van der Waals surface area contributed by atoms with Crippen molar-refractivity contribution in [1.29, 1.82) is 0 Å². The Morgan fingerprint density at radius 2 is 1.50 bits per heavy atom. The van der Waals surface area contributed by atoms with E-state index < -0.39 is 0 Å². The molecule has 0 radical (unpaired) electrons. The Balaban J connectivity index is 0.00000361. The molecule has 0 bridgehead atoms. The zero-order valence-corrected chi connectivity index (χ0v) is 22.5. The van der Waals surface area contributed by atoms with Gasteiger partial charge >= 0.3 is 0 Å². The fourth-order valence-electron chi connectivity index (χ4n) is 4.57. The van der Waals surface area contributed by atoms with E-state index in [1.165, 1.54) is 34.2 Å². The molecule has 0 amide bonds. The van der Waals surface area contributed by atoms with Crippen LogP contribution in [0.4, 0.5) is 0 Å². The van der Waals surface area contributed by atoms with Crippen LogP contribution in [0.15, 0.2) is 72.3 Å². The van der Waals surface area contributed by atoms with Crippen LogP contribution in [0, 0.1) is 0 Å². The average Bonchev–Trinajstić information content (AvgIpc) is 2.91. The van der Waals surface area contributed by atoms with E-state index in [9.17, 15) is 0 Å². The second kappa shape index (κ2) is 14.0. The molecule has 192 valence electrons. The van der Waals surface area contributed by atoms with Gasteiger partial charge < -0.3 is 19.1 Å². The topological polar surface area (TPSA) is 30.9 Å². The van der Waals surface area contributed by atoms with Gasteiger partial charge in [0.1, 0.15) is 12.4 Å². The molecule has 0 heterocycles. The summed E-state index contributed by atoms with van der Waals surface area (Å²) in [5, 5.41) is 0. The maximum absolute atomic E-state index is 5.90. The average molecular weight is 508 g/mol. The minimum absolute atomic E-state index is 0. The van der Waals surface area contributed by atoms with Crippen LogP contribution in [0.3, 0.4) is 0 Å². The summed E-state index contributed by atoms with van der Waals surface area (Å²) in [5.41, 5.74) is 6.68. The van der Waals surface area contributed by atoms with E-state index in [1.54, 1.807) is 14.2 Å². The number of methoxy groups -OCH3 is 2. The number of fused-ring (bicyclic) bond motifs is 1. The number of nitrogens with zero attached hydrogens (tertiary/aromatic N) is 1. The van der Waals surface area contributed by atoms with Crippen LogP contribution < -0.4 is 14.2 Å². The second-order valence-corrected chi connectivity index (χ2v) is 9.28. The van der Waals surface area contributed by atoms with Crippen molar-refractivity contribution in [3.8, 4) is 17.2 Å². The number of halogens is 1. The first-order valence-corrected chi connectivity index (χ1v) is 12.5. The Labute approximate surface area is 222 Å². The SMILES string of the molecule is COc1cc2c(cc1OC)CCC(CCCN(C)CCc1ccc(OCc3ccccc3)cc1)=C2.Cl.